The SMILES string of the molecule is CCOC(=O)N1CC=C(c2ccc(Nc3nc(NC4CCCCC4)c(N)c(NC4CCCCO4)n3)c(OC)c2)CC1. The van der Waals surface area contributed by atoms with Crippen LogP contribution in [0.5, 0.6) is 5.75 Å². The Bertz CT molecular complexity index is 1180. The molecule has 11 nitrogen and oxygen atoms in total. The van der Waals surface area contributed by atoms with Crippen LogP contribution in [0, 0.1) is 0 Å². The summed E-state index contributed by atoms with van der Waals surface area (Å²) in [6.45, 7) is 4.05. The minimum absolute atomic E-state index is 0.131. The maximum atomic E-state index is 12.1. The summed E-state index contributed by atoms with van der Waals surface area (Å²) in [6, 6.07) is 6.36. The Kier molecular flexibility index (Phi) is 9.66. The number of hydrogen-bond acceptors (Lipinski definition) is 10. The van der Waals surface area contributed by atoms with Crippen LogP contribution in [0.1, 0.15) is 70.3 Å². The highest BCUT2D eigenvalue weighted by Gasteiger charge is 2.23. The van der Waals surface area contributed by atoms with Crippen molar-refractivity contribution in [2.24, 2.45) is 0 Å². The highest BCUT2D eigenvalue weighted by Crippen LogP contribution is 2.35. The summed E-state index contributed by atoms with van der Waals surface area (Å²) >= 11 is 0. The Hall–Kier alpha value is -3.73. The van der Waals surface area contributed by atoms with E-state index in [0.717, 1.165) is 62.0 Å². The number of hydrogen-bond donors (Lipinski definition) is 4. The Balaban J connectivity index is 1.36. The Morgan fingerprint density at radius 2 is 1.88 bits per heavy atom. The van der Waals surface area contributed by atoms with Crippen LogP contribution in [-0.2, 0) is 9.47 Å². The van der Waals surface area contributed by atoms with Crippen molar-refractivity contribution in [2.45, 2.75) is 77.0 Å². The maximum Gasteiger partial charge on any atom is 0.410 e. The first-order chi connectivity index (χ1) is 20.0. The largest absolute Gasteiger partial charge is 0.495 e. The fraction of sp³-hybridized carbons (Fsp3) is 0.567. The second-order valence-electron chi connectivity index (χ2n) is 10.8. The summed E-state index contributed by atoms with van der Waals surface area (Å²) in [6.07, 6.45) is 11.4. The number of nitrogens with two attached hydrogens (primary N) is 1. The van der Waals surface area contributed by atoms with E-state index in [0.29, 0.717) is 54.8 Å². The predicted octanol–water partition coefficient (Wildman–Crippen LogP) is 5.74. The van der Waals surface area contributed by atoms with Gasteiger partial charge in [-0.1, -0.05) is 31.4 Å². The Labute approximate surface area is 242 Å². The van der Waals surface area contributed by atoms with E-state index < -0.39 is 0 Å². The summed E-state index contributed by atoms with van der Waals surface area (Å²) in [4.78, 5) is 23.3. The first kappa shape index (κ1) is 28.8. The van der Waals surface area contributed by atoms with Gasteiger partial charge in [0.25, 0.3) is 0 Å². The van der Waals surface area contributed by atoms with Gasteiger partial charge in [-0.25, -0.2) is 4.79 Å². The standard InChI is InChI=1S/C30H43N7O4/c1-3-40-30(38)37-16-14-20(15-17-37)21-12-13-23(24(19-21)39-2)33-29-35-27(32-22-9-5-4-6-10-22)26(31)28(36-29)34-25-11-7-8-18-41-25/h12-14,19,22,25H,3-11,15-18,31H2,1-2H3,(H3,32,33,34,35,36). The number of rotatable bonds is 9. The first-order valence-corrected chi connectivity index (χ1v) is 14.9. The van der Waals surface area contributed by atoms with Crippen molar-refractivity contribution in [3.8, 4) is 5.75 Å². The minimum atomic E-state index is -0.273. The summed E-state index contributed by atoms with van der Waals surface area (Å²) < 4.78 is 16.8. The highest BCUT2D eigenvalue weighted by molar-refractivity contribution is 5.79. The molecule has 5 rings (SSSR count). The molecule has 2 aromatic rings. The van der Waals surface area contributed by atoms with Gasteiger partial charge >= 0.3 is 6.09 Å². The summed E-state index contributed by atoms with van der Waals surface area (Å²) in [5, 5.41) is 10.3. The van der Waals surface area contributed by atoms with Crippen LogP contribution in [0.3, 0.4) is 0 Å². The molecular formula is C30H43N7O4. The number of ether oxygens (including phenoxy) is 3. The Morgan fingerprint density at radius 3 is 2.56 bits per heavy atom. The van der Waals surface area contributed by atoms with Gasteiger partial charge in [-0.05, 0) is 68.7 Å². The third-order valence-electron chi connectivity index (χ3n) is 7.92. The molecule has 11 heteroatoms. The van der Waals surface area contributed by atoms with E-state index in [2.05, 4.69) is 22.0 Å². The second kappa shape index (κ2) is 13.8. The van der Waals surface area contributed by atoms with Crippen molar-refractivity contribution in [3.05, 3.63) is 29.8 Å². The van der Waals surface area contributed by atoms with E-state index in [1.54, 1.807) is 12.0 Å². The van der Waals surface area contributed by atoms with Crippen molar-refractivity contribution in [3.63, 3.8) is 0 Å². The van der Waals surface area contributed by atoms with Crippen molar-refractivity contribution in [1.29, 1.82) is 0 Å². The molecule has 1 aromatic heterocycles. The lowest BCUT2D eigenvalue weighted by Crippen LogP contribution is -2.35. The molecule has 41 heavy (non-hydrogen) atoms. The van der Waals surface area contributed by atoms with Crippen molar-refractivity contribution in [1.82, 2.24) is 14.9 Å². The van der Waals surface area contributed by atoms with E-state index >= 15 is 0 Å². The lowest BCUT2D eigenvalue weighted by molar-refractivity contribution is 0.0341. The molecule has 1 aliphatic carbocycles. The van der Waals surface area contributed by atoms with Crippen LogP contribution < -0.4 is 26.4 Å². The maximum absolute atomic E-state index is 12.1. The number of benzene rings is 1. The average molecular weight is 566 g/mol. The van der Waals surface area contributed by atoms with Gasteiger partial charge in [0, 0.05) is 25.7 Å². The van der Waals surface area contributed by atoms with Gasteiger partial charge in [0.05, 0.1) is 19.4 Å². The van der Waals surface area contributed by atoms with Crippen LogP contribution in [0.25, 0.3) is 5.57 Å². The van der Waals surface area contributed by atoms with Gasteiger partial charge in [0.15, 0.2) is 11.6 Å². The molecule has 0 radical (unpaired) electrons. The molecular weight excluding hydrogens is 522 g/mol. The zero-order chi connectivity index (χ0) is 28.6. The number of aromatic nitrogens is 2. The summed E-state index contributed by atoms with van der Waals surface area (Å²) in [5.74, 6) is 2.27. The number of nitrogens with zero attached hydrogens (tertiary/aromatic N) is 3. The molecule has 0 bridgehead atoms. The molecule has 5 N–H and O–H groups in total. The number of nitrogen functional groups attached to an aromatic ring is 1. The molecule has 1 unspecified atom stereocenters. The van der Waals surface area contributed by atoms with Crippen LogP contribution >= 0.6 is 0 Å². The lowest BCUT2D eigenvalue weighted by atomic mass is 9.95. The van der Waals surface area contributed by atoms with E-state index in [1.165, 1.54) is 19.3 Å². The van der Waals surface area contributed by atoms with Gasteiger partial charge in [0.2, 0.25) is 5.95 Å². The van der Waals surface area contributed by atoms with Gasteiger partial charge in [-0.3, -0.25) is 0 Å². The molecule has 0 spiro atoms. The van der Waals surface area contributed by atoms with Crippen LogP contribution in [0.15, 0.2) is 24.3 Å². The molecule has 1 saturated heterocycles. The molecule has 1 saturated carbocycles. The molecule has 1 amide bonds. The van der Waals surface area contributed by atoms with Crippen molar-refractivity contribution >= 4 is 40.6 Å². The fourth-order valence-electron chi connectivity index (χ4n) is 5.62. The van der Waals surface area contributed by atoms with E-state index in [-0.39, 0.29) is 12.3 Å². The number of carbonyl (C=O) groups excluding carboxylic acids is 1. The zero-order valence-corrected chi connectivity index (χ0v) is 24.2. The average Bonchev–Trinajstić information content (AvgIpc) is 3.01. The van der Waals surface area contributed by atoms with E-state index in [4.69, 9.17) is 29.9 Å². The fourth-order valence-corrected chi connectivity index (χ4v) is 5.62. The number of anilines is 5. The van der Waals surface area contributed by atoms with Crippen LogP contribution in [0.4, 0.5) is 33.8 Å². The van der Waals surface area contributed by atoms with Crippen LogP contribution in [-0.4, -0.2) is 66.6 Å². The first-order valence-electron chi connectivity index (χ1n) is 14.9. The summed E-state index contributed by atoms with van der Waals surface area (Å²) in [7, 11) is 1.65. The smallest absolute Gasteiger partial charge is 0.410 e. The highest BCUT2D eigenvalue weighted by atomic mass is 16.6. The number of methoxy groups -OCH3 is 1. The number of amides is 1. The van der Waals surface area contributed by atoms with Gasteiger partial charge in [-0.15, -0.1) is 0 Å². The van der Waals surface area contributed by atoms with E-state index in [1.807, 2.05) is 25.1 Å². The Morgan fingerprint density at radius 1 is 1.10 bits per heavy atom. The second-order valence-corrected chi connectivity index (χ2v) is 10.8. The minimum Gasteiger partial charge on any atom is -0.495 e. The van der Waals surface area contributed by atoms with Crippen molar-refractivity contribution in [2.75, 3.05) is 55.1 Å². The normalized spacial score (nSPS) is 19.7. The predicted molar refractivity (Wildman–Crippen MR) is 162 cm³/mol. The number of nitrogens with one attached hydrogen (secondary N) is 3. The van der Waals surface area contributed by atoms with Crippen LogP contribution in [0.2, 0.25) is 0 Å². The van der Waals surface area contributed by atoms with Crippen molar-refractivity contribution < 1.29 is 19.0 Å². The molecule has 2 fully saturated rings. The van der Waals surface area contributed by atoms with Gasteiger partial charge < -0.3 is 40.8 Å². The molecule has 1 atom stereocenters. The topological polar surface area (TPSA) is 136 Å². The van der Waals surface area contributed by atoms with Gasteiger partial charge in [-0.2, -0.15) is 9.97 Å². The van der Waals surface area contributed by atoms with Gasteiger partial charge in [0.1, 0.15) is 17.7 Å². The quantitative estimate of drug-likeness (QED) is 0.298. The molecule has 222 valence electrons. The summed E-state index contributed by atoms with van der Waals surface area (Å²) in [5.41, 5.74) is 10.0. The monoisotopic (exact) mass is 565 g/mol. The third-order valence-corrected chi connectivity index (χ3v) is 7.92. The molecule has 3 heterocycles. The molecule has 3 aliphatic rings. The zero-order valence-electron chi connectivity index (χ0n) is 24.2. The number of carbonyl (C=O) groups is 1. The van der Waals surface area contributed by atoms with E-state index in [9.17, 15) is 4.79 Å². The lowest BCUT2D eigenvalue weighted by Gasteiger charge is -2.27. The molecule has 2 aliphatic heterocycles. The third kappa shape index (κ3) is 7.32. The molecule has 1 aromatic carbocycles.